The minimum atomic E-state index is -3.50. The van der Waals surface area contributed by atoms with E-state index in [-0.39, 0.29) is 5.54 Å². The summed E-state index contributed by atoms with van der Waals surface area (Å²) in [6.07, 6.45) is 9.92. The maximum absolute atomic E-state index is 13.5. The number of anilines is 1. The highest BCUT2D eigenvalue weighted by Crippen LogP contribution is 2.44. The molecule has 1 aromatic heterocycles. The number of fused-ring (bicyclic) bond motifs is 4. The van der Waals surface area contributed by atoms with Gasteiger partial charge in [-0.15, -0.1) is 0 Å². The molecular formula is C28H33N3O2S. The van der Waals surface area contributed by atoms with Crippen LogP contribution in [0, 0.1) is 6.92 Å². The third-order valence-electron chi connectivity index (χ3n) is 8.20. The van der Waals surface area contributed by atoms with E-state index >= 15 is 0 Å². The van der Waals surface area contributed by atoms with Gasteiger partial charge in [-0.05, 0) is 86.1 Å². The zero-order valence-corrected chi connectivity index (χ0v) is 20.7. The fraction of sp³-hybridized carbons (Fsp3) is 0.429. The van der Waals surface area contributed by atoms with E-state index in [0.29, 0.717) is 23.9 Å². The van der Waals surface area contributed by atoms with Gasteiger partial charge in [-0.3, -0.25) is 0 Å². The summed E-state index contributed by atoms with van der Waals surface area (Å²) in [4.78, 5) is 0.420. The molecule has 178 valence electrons. The molecule has 1 saturated heterocycles. The summed E-state index contributed by atoms with van der Waals surface area (Å²) < 4.78 is 30.9. The lowest BCUT2D eigenvalue weighted by Gasteiger charge is -2.46. The van der Waals surface area contributed by atoms with Gasteiger partial charge in [0.2, 0.25) is 10.0 Å². The molecule has 0 bridgehead atoms. The largest absolute Gasteiger partial charge is 0.372 e. The molecule has 5 nitrogen and oxygen atoms in total. The molecule has 2 aromatic carbocycles. The molecule has 0 unspecified atom stereocenters. The third-order valence-corrected chi connectivity index (χ3v) is 10.1. The molecule has 1 N–H and O–H groups in total. The number of piperidine rings is 1. The Morgan fingerprint density at radius 3 is 2.41 bits per heavy atom. The second kappa shape index (κ2) is 8.28. The molecule has 0 radical (unpaired) electrons. The molecule has 34 heavy (non-hydrogen) atoms. The molecule has 3 aliphatic rings. The van der Waals surface area contributed by atoms with Crippen molar-refractivity contribution in [3.8, 4) is 5.69 Å². The first-order chi connectivity index (χ1) is 16.5. The Bertz CT molecular complexity index is 1300. The highest BCUT2D eigenvalue weighted by Gasteiger charge is 2.43. The summed E-state index contributed by atoms with van der Waals surface area (Å²) in [5, 5.41) is 3.81. The number of aryl methyl sites for hydroxylation is 1. The van der Waals surface area contributed by atoms with Crippen LogP contribution < -0.4 is 5.32 Å². The van der Waals surface area contributed by atoms with Crippen LogP contribution in [0.4, 0.5) is 5.69 Å². The first kappa shape index (κ1) is 21.9. The zero-order valence-electron chi connectivity index (χ0n) is 19.8. The monoisotopic (exact) mass is 475 g/mol. The van der Waals surface area contributed by atoms with Crippen molar-refractivity contribution in [3.05, 3.63) is 77.6 Å². The molecule has 3 aromatic rings. The van der Waals surface area contributed by atoms with Crippen molar-refractivity contribution < 1.29 is 8.42 Å². The third kappa shape index (κ3) is 3.59. The topological polar surface area (TPSA) is 54.3 Å². The summed E-state index contributed by atoms with van der Waals surface area (Å²) in [5.41, 5.74) is 5.76. The van der Waals surface area contributed by atoms with Crippen molar-refractivity contribution in [2.75, 3.05) is 18.4 Å². The number of nitrogens with zero attached hydrogens (tertiary/aromatic N) is 2. The number of rotatable bonds is 3. The lowest BCUT2D eigenvalue weighted by Crippen LogP contribution is -2.51. The van der Waals surface area contributed by atoms with E-state index in [1.807, 2.05) is 24.3 Å². The summed E-state index contributed by atoms with van der Waals surface area (Å²) in [6, 6.07) is 18.5. The summed E-state index contributed by atoms with van der Waals surface area (Å²) >= 11 is 0. The minimum Gasteiger partial charge on any atom is -0.372 e. The van der Waals surface area contributed by atoms with Crippen molar-refractivity contribution >= 4 is 15.7 Å². The number of nitrogens with one attached hydrogen (secondary N) is 1. The number of aromatic nitrogens is 1. The van der Waals surface area contributed by atoms with Crippen LogP contribution in [0.15, 0.2) is 65.7 Å². The van der Waals surface area contributed by atoms with E-state index in [1.165, 1.54) is 48.9 Å². The summed E-state index contributed by atoms with van der Waals surface area (Å²) in [7, 11) is -3.50. The van der Waals surface area contributed by atoms with Gasteiger partial charge in [0.1, 0.15) is 0 Å². The van der Waals surface area contributed by atoms with Crippen LogP contribution in [0.25, 0.3) is 5.69 Å². The van der Waals surface area contributed by atoms with Crippen molar-refractivity contribution in [1.82, 2.24) is 8.87 Å². The van der Waals surface area contributed by atoms with Crippen molar-refractivity contribution in [2.24, 2.45) is 0 Å². The molecule has 0 atom stereocenters. The van der Waals surface area contributed by atoms with Gasteiger partial charge in [-0.25, -0.2) is 8.42 Å². The van der Waals surface area contributed by atoms with Crippen LogP contribution >= 0.6 is 0 Å². The average molecular weight is 476 g/mol. The molecule has 6 rings (SSSR count). The molecule has 2 fully saturated rings. The fourth-order valence-corrected chi connectivity index (χ4v) is 7.69. The number of benzene rings is 2. The van der Waals surface area contributed by atoms with E-state index in [9.17, 15) is 8.42 Å². The predicted molar refractivity (Wildman–Crippen MR) is 136 cm³/mol. The van der Waals surface area contributed by atoms with Crippen molar-refractivity contribution in [2.45, 2.75) is 68.2 Å². The molecule has 1 saturated carbocycles. The lowest BCUT2D eigenvalue weighted by molar-refractivity contribution is 0.247. The molecule has 1 aliphatic carbocycles. The Morgan fingerprint density at radius 1 is 0.941 bits per heavy atom. The van der Waals surface area contributed by atoms with Gasteiger partial charge in [-0.1, -0.05) is 37.5 Å². The Labute approximate surface area is 202 Å². The van der Waals surface area contributed by atoms with Crippen LogP contribution in [0.1, 0.15) is 67.7 Å². The lowest BCUT2D eigenvalue weighted by atomic mass is 9.83. The van der Waals surface area contributed by atoms with Crippen LogP contribution in [0.5, 0.6) is 0 Å². The minimum absolute atomic E-state index is 0.249. The fourth-order valence-electron chi connectivity index (χ4n) is 6.25. The van der Waals surface area contributed by atoms with E-state index in [4.69, 9.17) is 0 Å². The van der Waals surface area contributed by atoms with Gasteiger partial charge >= 0.3 is 0 Å². The van der Waals surface area contributed by atoms with Crippen molar-refractivity contribution in [1.29, 1.82) is 0 Å². The molecule has 3 heterocycles. The van der Waals surface area contributed by atoms with Gasteiger partial charge in [0, 0.05) is 25.0 Å². The van der Waals surface area contributed by atoms with Crippen LogP contribution in [0.2, 0.25) is 0 Å². The quantitative estimate of drug-likeness (QED) is 0.510. The molecular weight excluding hydrogens is 442 g/mol. The van der Waals surface area contributed by atoms with Gasteiger partial charge < -0.3 is 9.88 Å². The average Bonchev–Trinajstić information content (AvgIpc) is 3.36. The molecule has 6 heteroatoms. The number of sulfonamides is 1. The van der Waals surface area contributed by atoms with E-state index in [2.05, 4.69) is 53.3 Å². The molecule has 0 amide bonds. The van der Waals surface area contributed by atoms with Crippen LogP contribution in [-0.4, -0.2) is 30.4 Å². The highest BCUT2D eigenvalue weighted by molar-refractivity contribution is 7.89. The molecule has 1 spiro atoms. The van der Waals surface area contributed by atoms with Gasteiger partial charge in [0.05, 0.1) is 21.8 Å². The maximum atomic E-state index is 13.5. The number of hydrogen-bond donors (Lipinski definition) is 1. The van der Waals surface area contributed by atoms with Gasteiger partial charge in [-0.2, -0.15) is 4.31 Å². The second-order valence-electron chi connectivity index (χ2n) is 10.3. The SMILES string of the molecule is Cc1ccc2c(c1)NC1(CCN(S(=O)(=O)c3ccc(C4CCCCC4)cc3)CC1)c1cccn1-2. The highest BCUT2D eigenvalue weighted by atomic mass is 32.2. The maximum Gasteiger partial charge on any atom is 0.243 e. The van der Waals surface area contributed by atoms with Gasteiger partial charge in [0.25, 0.3) is 0 Å². The van der Waals surface area contributed by atoms with E-state index in [0.717, 1.165) is 24.2 Å². The number of hydrogen-bond acceptors (Lipinski definition) is 3. The van der Waals surface area contributed by atoms with E-state index < -0.39 is 10.0 Å². The standard InChI is InChI=1S/C28H33N3O2S/c1-21-9-14-26-25(20-21)29-28(27-8-5-17-31(26)27)15-18-30(19-16-28)34(32,33)24-12-10-23(11-13-24)22-6-3-2-4-7-22/h5,8-14,17,20,22,29H,2-4,6-7,15-16,18-19H2,1H3. The van der Waals surface area contributed by atoms with Crippen LogP contribution in [0.3, 0.4) is 0 Å². The zero-order chi connectivity index (χ0) is 23.3. The Kier molecular flexibility index (Phi) is 5.34. The smallest absolute Gasteiger partial charge is 0.243 e. The second-order valence-corrected chi connectivity index (χ2v) is 12.2. The first-order valence-electron chi connectivity index (χ1n) is 12.6. The Morgan fingerprint density at radius 2 is 1.68 bits per heavy atom. The normalized spacial score (nSPS) is 20.5. The van der Waals surface area contributed by atoms with E-state index in [1.54, 1.807) is 4.31 Å². The molecule has 2 aliphatic heterocycles. The summed E-state index contributed by atoms with van der Waals surface area (Å²) in [5.74, 6) is 0.584. The Hall–Kier alpha value is -2.57. The Balaban J connectivity index is 1.22. The van der Waals surface area contributed by atoms with Crippen LogP contribution in [-0.2, 0) is 15.6 Å². The van der Waals surface area contributed by atoms with Gasteiger partial charge in [0.15, 0.2) is 0 Å². The summed E-state index contributed by atoms with van der Waals surface area (Å²) in [6.45, 7) is 3.12. The first-order valence-corrected chi connectivity index (χ1v) is 14.1. The van der Waals surface area contributed by atoms with Crippen molar-refractivity contribution in [3.63, 3.8) is 0 Å². The predicted octanol–water partition coefficient (Wildman–Crippen LogP) is 5.94.